The van der Waals surface area contributed by atoms with Crippen molar-refractivity contribution >= 4 is 23.4 Å². The Morgan fingerprint density at radius 2 is 2.25 bits per heavy atom. The normalized spacial score (nSPS) is 17.3. The van der Waals surface area contributed by atoms with Gasteiger partial charge in [-0.1, -0.05) is 0 Å². The number of ether oxygens (including phenoxy) is 1. The number of hydrogen-bond donors (Lipinski definition) is 4. The van der Waals surface area contributed by atoms with Gasteiger partial charge >= 0.3 is 5.97 Å². The van der Waals surface area contributed by atoms with Crippen LogP contribution in [0, 0.1) is 0 Å². The molecule has 9 heteroatoms. The van der Waals surface area contributed by atoms with Crippen molar-refractivity contribution in [3.05, 3.63) is 35.8 Å². The van der Waals surface area contributed by atoms with Crippen molar-refractivity contribution in [2.45, 2.75) is 6.10 Å². The first-order valence-corrected chi connectivity index (χ1v) is 7.50. The zero-order chi connectivity index (χ0) is 16.9. The summed E-state index contributed by atoms with van der Waals surface area (Å²) < 4.78 is 5.65. The summed E-state index contributed by atoms with van der Waals surface area (Å²) in [6.07, 6.45) is 2.88. The average molecular weight is 330 g/mol. The standard InChI is InChI=1S/C15H18N6O3/c1-16-13-10(14(22)23)7-19-15(21-13)20-9-2-3-11(18-6-9)12-8-17-4-5-24-12/h2-3,6-7,12,17H,4-5,8H2,1H3,(H,22,23)(H2,16,19,20,21). The Labute approximate surface area is 138 Å². The van der Waals surface area contributed by atoms with E-state index >= 15 is 0 Å². The predicted molar refractivity (Wildman–Crippen MR) is 87.6 cm³/mol. The molecule has 1 atom stereocenters. The van der Waals surface area contributed by atoms with Gasteiger partial charge in [-0.15, -0.1) is 0 Å². The van der Waals surface area contributed by atoms with Crippen molar-refractivity contribution in [1.82, 2.24) is 20.3 Å². The Morgan fingerprint density at radius 3 is 2.88 bits per heavy atom. The summed E-state index contributed by atoms with van der Waals surface area (Å²) in [6.45, 7) is 2.27. The topological polar surface area (TPSA) is 121 Å². The van der Waals surface area contributed by atoms with Crippen molar-refractivity contribution in [3.8, 4) is 0 Å². The molecule has 0 radical (unpaired) electrons. The van der Waals surface area contributed by atoms with Gasteiger partial charge in [0.15, 0.2) is 0 Å². The molecule has 4 N–H and O–H groups in total. The van der Waals surface area contributed by atoms with Gasteiger partial charge < -0.3 is 25.8 Å². The molecule has 0 aromatic carbocycles. The smallest absolute Gasteiger partial charge is 0.341 e. The van der Waals surface area contributed by atoms with Crippen molar-refractivity contribution in [3.63, 3.8) is 0 Å². The molecule has 126 valence electrons. The van der Waals surface area contributed by atoms with Crippen molar-refractivity contribution in [1.29, 1.82) is 0 Å². The summed E-state index contributed by atoms with van der Waals surface area (Å²) in [5, 5.41) is 18.1. The molecule has 9 nitrogen and oxygen atoms in total. The Kier molecular flexibility index (Phi) is 4.82. The second-order valence-electron chi connectivity index (χ2n) is 5.17. The van der Waals surface area contributed by atoms with Gasteiger partial charge in [-0.25, -0.2) is 9.78 Å². The summed E-state index contributed by atoms with van der Waals surface area (Å²) in [4.78, 5) is 23.6. The molecule has 2 aromatic rings. The Bertz CT molecular complexity index is 716. The lowest BCUT2D eigenvalue weighted by atomic mass is 10.2. The predicted octanol–water partition coefficient (Wildman–Crippen LogP) is 1.02. The SMILES string of the molecule is CNc1nc(Nc2ccc(C3CNCCO3)nc2)ncc1C(=O)O. The van der Waals surface area contributed by atoms with Gasteiger partial charge in [0.25, 0.3) is 0 Å². The number of aromatic carboxylic acids is 1. The van der Waals surface area contributed by atoms with Crippen molar-refractivity contribution < 1.29 is 14.6 Å². The maximum Gasteiger partial charge on any atom is 0.341 e. The van der Waals surface area contributed by atoms with Crippen molar-refractivity contribution in [2.24, 2.45) is 0 Å². The number of anilines is 3. The average Bonchev–Trinajstić information content (AvgIpc) is 2.63. The molecule has 0 amide bonds. The summed E-state index contributed by atoms with van der Waals surface area (Å²) in [7, 11) is 1.60. The quantitative estimate of drug-likeness (QED) is 0.636. The summed E-state index contributed by atoms with van der Waals surface area (Å²) in [6, 6.07) is 3.73. The molecule has 1 fully saturated rings. The number of carboxylic acids is 1. The highest BCUT2D eigenvalue weighted by molar-refractivity contribution is 5.92. The number of nitrogens with one attached hydrogen (secondary N) is 3. The monoisotopic (exact) mass is 330 g/mol. The maximum absolute atomic E-state index is 11.1. The highest BCUT2D eigenvalue weighted by Gasteiger charge is 2.17. The number of carboxylic acid groups (broad SMARTS) is 1. The Balaban J connectivity index is 1.72. The van der Waals surface area contributed by atoms with Crippen LogP contribution in [0.5, 0.6) is 0 Å². The van der Waals surface area contributed by atoms with Gasteiger partial charge in [-0.05, 0) is 12.1 Å². The number of carbonyl (C=O) groups is 1. The summed E-state index contributed by atoms with van der Waals surface area (Å²) in [5.74, 6) is -0.557. The van der Waals surface area contributed by atoms with Crippen LogP contribution in [0.2, 0.25) is 0 Å². The fourth-order valence-electron chi connectivity index (χ4n) is 2.34. The molecule has 3 rings (SSSR count). The zero-order valence-electron chi connectivity index (χ0n) is 13.1. The molecular weight excluding hydrogens is 312 g/mol. The lowest BCUT2D eigenvalue weighted by Crippen LogP contribution is -2.33. The minimum Gasteiger partial charge on any atom is -0.477 e. The Hall–Kier alpha value is -2.78. The maximum atomic E-state index is 11.1. The molecule has 1 aliphatic rings. The van der Waals surface area contributed by atoms with E-state index in [-0.39, 0.29) is 23.4 Å². The Morgan fingerprint density at radius 1 is 1.38 bits per heavy atom. The summed E-state index contributed by atoms with van der Waals surface area (Å²) >= 11 is 0. The number of hydrogen-bond acceptors (Lipinski definition) is 8. The van der Waals surface area contributed by atoms with Gasteiger partial charge in [-0.2, -0.15) is 4.98 Å². The lowest BCUT2D eigenvalue weighted by Gasteiger charge is -2.23. The van der Waals surface area contributed by atoms with Crippen LogP contribution in [-0.2, 0) is 4.74 Å². The minimum absolute atomic E-state index is 0.0125. The van der Waals surface area contributed by atoms with Gasteiger partial charge in [0, 0.05) is 26.3 Å². The fraction of sp³-hybridized carbons (Fsp3) is 0.333. The third-order valence-electron chi connectivity index (χ3n) is 3.56. The van der Waals surface area contributed by atoms with E-state index in [0.717, 1.165) is 18.8 Å². The molecule has 1 aliphatic heterocycles. The molecule has 0 saturated carbocycles. The second kappa shape index (κ2) is 7.20. The summed E-state index contributed by atoms with van der Waals surface area (Å²) in [5.41, 5.74) is 1.57. The first kappa shape index (κ1) is 16.1. The molecule has 1 saturated heterocycles. The van der Waals surface area contributed by atoms with Crippen LogP contribution in [0.25, 0.3) is 0 Å². The second-order valence-corrected chi connectivity index (χ2v) is 5.17. The number of nitrogens with zero attached hydrogens (tertiary/aromatic N) is 3. The van der Waals surface area contributed by atoms with E-state index in [0.29, 0.717) is 12.3 Å². The lowest BCUT2D eigenvalue weighted by molar-refractivity contribution is 0.0250. The largest absolute Gasteiger partial charge is 0.477 e. The third-order valence-corrected chi connectivity index (χ3v) is 3.56. The van der Waals surface area contributed by atoms with Crippen LogP contribution in [0.15, 0.2) is 24.5 Å². The van der Waals surface area contributed by atoms with E-state index in [1.807, 2.05) is 12.1 Å². The van der Waals surface area contributed by atoms with Crippen LogP contribution in [0.3, 0.4) is 0 Å². The van der Waals surface area contributed by atoms with Gasteiger partial charge in [0.05, 0.1) is 24.2 Å². The van der Waals surface area contributed by atoms with Gasteiger partial charge in [0.1, 0.15) is 17.5 Å². The fourth-order valence-corrected chi connectivity index (χ4v) is 2.34. The number of rotatable bonds is 5. The van der Waals surface area contributed by atoms with E-state index in [2.05, 4.69) is 30.9 Å². The first-order chi connectivity index (χ1) is 11.7. The van der Waals surface area contributed by atoms with Crippen molar-refractivity contribution in [2.75, 3.05) is 37.4 Å². The molecule has 0 aliphatic carbocycles. The van der Waals surface area contributed by atoms with E-state index < -0.39 is 5.97 Å². The van der Waals surface area contributed by atoms with E-state index in [9.17, 15) is 4.79 Å². The van der Waals surface area contributed by atoms with Crippen LogP contribution in [-0.4, -0.2) is 52.8 Å². The highest BCUT2D eigenvalue weighted by Crippen LogP contribution is 2.20. The van der Waals surface area contributed by atoms with Crippen LogP contribution >= 0.6 is 0 Å². The number of pyridine rings is 1. The van der Waals surface area contributed by atoms with E-state index in [1.165, 1.54) is 6.20 Å². The van der Waals surface area contributed by atoms with Gasteiger partial charge in [0.2, 0.25) is 5.95 Å². The third kappa shape index (κ3) is 3.58. The highest BCUT2D eigenvalue weighted by atomic mass is 16.5. The first-order valence-electron chi connectivity index (χ1n) is 7.50. The number of morpholine rings is 1. The molecule has 0 bridgehead atoms. The number of aromatic nitrogens is 3. The molecular formula is C15H18N6O3. The zero-order valence-corrected chi connectivity index (χ0v) is 13.1. The van der Waals surface area contributed by atoms with Crippen LogP contribution in [0.4, 0.5) is 17.5 Å². The minimum atomic E-state index is -1.09. The van der Waals surface area contributed by atoms with Gasteiger partial charge in [-0.3, -0.25) is 4.98 Å². The molecule has 24 heavy (non-hydrogen) atoms. The van der Waals surface area contributed by atoms with E-state index in [1.54, 1.807) is 13.2 Å². The molecule has 1 unspecified atom stereocenters. The molecule has 0 spiro atoms. The van der Waals surface area contributed by atoms with E-state index in [4.69, 9.17) is 9.84 Å². The molecule has 2 aromatic heterocycles. The van der Waals surface area contributed by atoms with Crippen LogP contribution in [0.1, 0.15) is 22.2 Å². The molecule has 3 heterocycles. The van der Waals surface area contributed by atoms with Crippen LogP contribution < -0.4 is 16.0 Å².